The van der Waals surface area contributed by atoms with Gasteiger partial charge in [-0.3, -0.25) is 9.99 Å². The lowest BCUT2D eigenvalue weighted by atomic mass is 10.2. The summed E-state index contributed by atoms with van der Waals surface area (Å²) in [6.07, 6.45) is 7.65. The topological polar surface area (TPSA) is 127 Å². The van der Waals surface area contributed by atoms with Crippen molar-refractivity contribution in [3.05, 3.63) is 18.7 Å². The Hall–Kier alpha value is -2.26. The summed E-state index contributed by atoms with van der Waals surface area (Å²) in [6.45, 7) is 0.940. The maximum Gasteiger partial charge on any atom is 0.243 e. The van der Waals surface area contributed by atoms with Gasteiger partial charge >= 0.3 is 0 Å². The molecule has 0 aliphatic rings. The van der Waals surface area contributed by atoms with Crippen molar-refractivity contribution in [3.8, 4) is 5.95 Å². The van der Waals surface area contributed by atoms with Crippen molar-refractivity contribution in [3.63, 3.8) is 0 Å². The molecule has 0 saturated heterocycles. The van der Waals surface area contributed by atoms with E-state index in [4.69, 9.17) is 10.9 Å². The van der Waals surface area contributed by atoms with Crippen LogP contribution in [-0.4, -0.2) is 42.8 Å². The monoisotopic (exact) mass is 278 g/mol. The van der Waals surface area contributed by atoms with Crippen LogP contribution in [0.2, 0.25) is 0 Å². The van der Waals surface area contributed by atoms with E-state index in [1.54, 1.807) is 23.3 Å². The van der Waals surface area contributed by atoms with E-state index in [2.05, 4.69) is 30.7 Å². The lowest BCUT2D eigenvalue weighted by molar-refractivity contribution is 0.283. The zero-order valence-corrected chi connectivity index (χ0v) is 11.0. The first-order valence-electron chi connectivity index (χ1n) is 6.39. The maximum absolute atomic E-state index is 8.71. The lowest BCUT2D eigenvalue weighted by Crippen LogP contribution is -2.16. The van der Waals surface area contributed by atoms with Crippen molar-refractivity contribution >= 4 is 11.9 Å². The predicted molar refractivity (Wildman–Crippen MR) is 74.2 cm³/mol. The Morgan fingerprint density at radius 2 is 2.00 bits per heavy atom. The molecule has 0 aliphatic heterocycles. The molecule has 0 spiro atoms. The molecular weight excluding hydrogens is 260 g/mol. The molecule has 0 saturated carbocycles. The van der Waals surface area contributed by atoms with Crippen LogP contribution in [0.25, 0.3) is 5.95 Å². The van der Waals surface area contributed by atoms with E-state index < -0.39 is 0 Å². The number of unbranched alkanes of at least 4 members (excludes halogenated alkanes) is 2. The first-order chi connectivity index (χ1) is 9.83. The molecule has 0 aromatic carbocycles. The molecule has 9 nitrogen and oxygen atoms in total. The minimum absolute atomic E-state index is 0.220. The normalized spacial score (nSPS) is 10.5. The van der Waals surface area contributed by atoms with E-state index >= 15 is 0 Å². The third kappa shape index (κ3) is 3.87. The average Bonchev–Trinajstić information content (AvgIpc) is 3.01. The summed E-state index contributed by atoms with van der Waals surface area (Å²) in [5, 5.41) is 11.8. The van der Waals surface area contributed by atoms with E-state index in [1.165, 1.54) is 0 Å². The molecule has 2 aromatic heterocycles. The van der Waals surface area contributed by atoms with E-state index in [1.807, 2.05) is 0 Å². The number of nitrogens with zero attached hydrogens (tertiary/aromatic N) is 5. The molecule has 0 atom stereocenters. The van der Waals surface area contributed by atoms with Gasteiger partial charge in [0, 0.05) is 25.5 Å². The number of aliphatic hydroxyl groups excluding tert-OH is 1. The Labute approximate surface area is 116 Å². The standard InChI is InChI=1S/C11H18N8O/c12-18-10-15-9(14-4-2-1-3-7-20)16-11(17-10)19-6-5-13-8-19/h5-6,8,20H,1-4,7,12H2,(H2,14,15,16,17,18). The first-order valence-corrected chi connectivity index (χ1v) is 6.39. The number of hydrogen-bond acceptors (Lipinski definition) is 8. The highest BCUT2D eigenvalue weighted by Crippen LogP contribution is 2.08. The summed E-state index contributed by atoms with van der Waals surface area (Å²) in [5.74, 6) is 6.51. The predicted octanol–water partition coefficient (Wildman–Crippen LogP) is -0.0826. The zero-order valence-electron chi connectivity index (χ0n) is 11.0. The van der Waals surface area contributed by atoms with Gasteiger partial charge in [0.05, 0.1) is 0 Å². The second kappa shape index (κ2) is 7.36. The zero-order chi connectivity index (χ0) is 14.2. The Morgan fingerprint density at radius 3 is 2.70 bits per heavy atom. The second-order valence-corrected chi connectivity index (χ2v) is 4.11. The number of aliphatic hydroxyl groups is 1. The summed E-state index contributed by atoms with van der Waals surface area (Å²) >= 11 is 0. The Kier molecular flexibility index (Phi) is 5.21. The summed E-state index contributed by atoms with van der Waals surface area (Å²) in [7, 11) is 0. The first kappa shape index (κ1) is 14.2. The van der Waals surface area contributed by atoms with Gasteiger partial charge in [-0.25, -0.2) is 10.8 Å². The van der Waals surface area contributed by atoms with Crippen molar-refractivity contribution in [1.82, 2.24) is 24.5 Å². The highest BCUT2D eigenvalue weighted by Gasteiger charge is 2.06. The summed E-state index contributed by atoms with van der Waals surface area (Å²) in [4.78, 5) is 16.5. The molecule has 0 aliphatic carbocycles. The molecule has 0 radical (unpaired) electrons. The van der Waals surface area contributed by atoms with Gasteiger partial charge in [-0.05, 0) is 19.3 Å². The third-order valence-electron chi connectivity index (χ3n) is 2.61. The number of imidazole rings is 1. The van der Waals surface area contributed by atoms with Crippen molar-refractivity contribution in [2.75, 3.05) is 23.9 Å². The Balaban J connectivity index is 2.03. The van der Waals surface area contributed by atoms with Gasteiger partial charge in [0.2, 0.25) is 17.8 Å². The summed E-state index contributed by atoms with van der Waals surface area (Å²) in [6, 6.07) is 0. The molecule has 2 rings (SSSR count). The van der Waals surface area contributed by atoms with Gasteiger partial charge in [0.25, 0.3) is 0 Å². The number of nitrogen functional groups attached to an aromatic ring is 1. The van der Waals surface area contributed by atoms with Crippen LogP contribution in [0.1, 0.15) is 19.3 Å². The van der Waals surface area contributed by atoms with E-state index in [9.17, 15) is 0 Å². The van der Waals surface area contributed by atoms with E-state index in [0.29, 0.717) is 11.9 Å². The highest BCUT2D eigenvalue weighted by molar-refractivity contribution is 5.37. The molecule has 20 heavy (non-hydrogen) atoms. The summed E-state index contributed by atoms with van der Waals surface area (Å²) in [5.41, 5.74) is 2.41. The average molecular weight is 278 g/mol. The number of hydrazine groups is 1. The third-order valence-corrected chi connectivity index (χ3v) is 2.61. The molecule has 2 aromatic rings. The molecule has 0 amide bonds. The van der Waals surface area contributed by atoms with Crippen LogP contribution < -0.4 is 16.6 Å². The van der Waals surface area contributed by atoms with Gasteiger partial charge in [0.1, 0.15) is 6.33 Å². The molecule has 0 unspecified atom stereocenters. The number of rotatable bonds is 8. The highest BCUT2D eigenvalue weighted by atomic mass is 16.2. The molecular formula is C11H18N8O. The largest absolute Gasteiger partial charge is 0.396 e. The van der Waals surface area contributed by atoms with E-state index in [-0.39, 0.29) is 12.6 Å². The number of nitrogens with one attached hydrogen (secondary N) is 2. The van der Waals surface area contributed by atoms with Crippen molar-refractivity contribution in [1.29, 1.82) is 0 Å². The van der Waals surface area contributed by atoms with Crippen molar-refractivity contribution in [2.45, 2.75) is 19.3 Å². The van der Waals surface area contributed by atoms with Gasteiger partial charge in [-0.1, -0.05) is 0 Å². The number of hydrogen-bond donors (Lipinski definition) is 4. The van der Waals surface area contributed by atoms with Crippen LogP contribution in [0.15, 0.2) is 18.7 Å². The van der Waals surface area contributed by atoms with Crippen molar-refractivity contribution < 1.29 is 5.11 Å². The van der Waals surface area contributed by atoms with Crippen LogP contribution >= 0.6 is 0 Å². The van der Waals surface area contributed by atoms with Crippen LogP contribution in [0.3, 0.4) is 0 Å². The SMILES string of the molecule is NNc1nc(NCCCCCO)nc(-n2ccnc2)n1. The van der Waals surface area contributed by atoms with E-state index in [0.717, 1.165) is 25.8 Å². The maximum atomic E-state index is 8.71. The molecule has 2 heterocycles. The van der Waals surface area contributed by atoms with Crippen LogP contribution in [-0.2, 0) is 0 Å². The summed E-state index contributed by atoms with van der Waals surface area (Å²) < 4.78 is 1.67. The van der Waals surface area contributed by atoms with Crippen LogP contribution in [0.5, 0.6) is 0 Å². The Bertz CT molecular complexity index is 515. The quantitative estimate of drug-likeness (QED) is 0.300. The molecule has 108 valence electrons. The fourth-order valence-electron chi connectivity index (χ4n) is 1.62. The number of anilines is 2. The van der Waals surface area contributed by atoms with Crippen molar-refractivity contribution in [2.24, 2.45) is 5.84 Å². The lowest BCUT2D eigenvalue weighted by Gasteiger charge is -2.08. The second-order valence-electron chi connectivity index (χ2n) is 4.11. The molecule has 0 fully saturated rings. The fourth-order valence-corrected chi connectivity index (χ4v) is 1.62. The minimum Gasteiger partial charge on any atom is -0.396 e. The van der Waals surface area contributed by atoms with Crippen LogP contribution in [0.4, 0.5) is 11.9 Å². The fraction of sp³-hybridized carbons (Fsp3) is 0.455. The number of nitrogens with two attached hydrogens (primary N) is 1. The number of aromatic nitrogens is 5. The minimum atomic E-state index is 0.220. The van der Waals surface area contributed by atoms with Gasteiger partial charge < -0.3 is 10.4 Å². The molecule has 5 N–H and O–H groups in total. The van der Waals surface area contributed by atoms with Crippen LogP contribution in [0, 0.1) is 0 Å². The van der Waals surface area contributed by atoms with Gasteiger partial charge in [-0.15, -0.1) is 0 Å². The van der Waals surface area contributed by atoms with Gasteiger partial charge in [-0.2, -0.15) is 15.0 Å². The smallest absolute Gasteiger partial charge is 0.243 e. The molecule has 0 bridgehead atoms. The van der Waals surface area contributed by atoms with Gasteiger partial charge in [0.15, 0.2) is 0 Å². The molecule has 9 heteroatoms. The Morgan fingerprint density at radius 1 is 1.15 bits per heavy atom.